The minimum absolute atomic E-state index is 0. The van der Waals surface area contributed by atoms with Crippen LogP contribution in [0.5, 0.6) is 0 Å². The minimum atomic E-state index is 0. The van der Waals surface area contributed by atoms with Crippen molar-refractivity contribution in [3.8, 4) is 5.82 Å². The first-order valence-corrected chi connectivity index (χ1v) is 7.35. The molecule has 1 aliphatic rings. The number of nitrogens with one attached hydrogen (secondary N) is 2. The molecule has 2 aromatic rings. The van der Waals surface area contributed by atoms with Gasteiger partial charge in [0.2, 0.25) is 0 Å². The minimum Gasteiger partial charge on any atom is -0.357 e. The Morgan fingerprint density at radius 3 is 2.95 bits per heavy atom. The van der Waals surface area contributed by atoms with Crippen LogP contribution in [0.4, 0.5) is 0 Å². The summed E-state index contributed by atoms with van der Waals surface area (Å²) in [6, 6.07) is 6.48. The zero-order chi connectivity index (χ0) is 14.5. The Bertz CT molecular complexity index is 606. The average molecular weight is 412 g/mol. The molecule has 0 bridgehead atoms. The third-order valence-corrected chi connectivity index (χ3v) is 3.23. The summed E-state index contributed by atoms with van der Waals surface area (Å²) in [6.07, 6.45) is 7.90. The van der Waals surface area contributed by atoms with Crippen molar-refractivity contribution < 1.29 is 0 Å². The molecule has 0 amide bonds. The molecule has 118 valence electrons. The van der Waals surface area contributed by atoms with E-state index in [1.54, 1.807) is 17.1 Å². The summed E-state index contributed by atoms with van der Waals surface area (Å²) in [6.45, 7) is 3.57. The van der Waals surface area contributed by atoms with Gasteiger partial charge >= 0.3 is 0 Å². The Morgan fingerprint density at radius 2 is 2.27 bits per heavy atom. The highest BCUT2D eigenvalue weighted by Gasteiger charge is 2.21. The lowest BCUT2D eigenvalue weighted by atomic mass is 10.2. The van der Waals surface area contributed by atoms with Crippen molar-refractivity contribution >= 4 is 29.9 Å². The summed E-state index contributed by atoms with van der Waals surface area (Å²) in [5.74, 6) is 1.70. The molecule has 0 spiro atoms. The molecule has 6 nitrogen and oxygen atoms in total. The van der Waals surface area contributed by atoms with Gasteiger partial charge in [-0.25, -0.2) is 14.7 Å². The maximum absolute atomic E-state index is 4.62. The standard InChI is InChI=1S/C15H20N6.HI/c1-2-16-15(20-13-4-5-13)18-11-12-6-8-17-14(10-12)21-9-3-7-19-21;/h3,6-10,13H,2,4-5,11H2,1H3,(H2,16,18,20);1H. The highest BCUT2D eigenvalue weighted by molar-refractivity contribution is 14.0. The number of guanidine groups is 1. The second-order valence-corrected chi connectivity index (χ2v) is 5.09. The third kappa shape index (κ3) is 4.69. The van der Waals surface area contributed by atoms with Gasteiger partial charge in [-0.15, -0.1) is 24.0 Å². The molecule has 0 radical (unpaired) electrons. The van der Waals surface area contributed by atoms with E-state index >= 15 is 0 Å². The third-order valence-electron chi connectivity index (χ3n) is 3.23. The van der Waals surface area contributed by atoms with Crippen molar-refractivity contribution in [2.45, 2.75) is 32.4 Å². The molecular weight excluding hydrogens is 391 g/mol. The smallest absolute Gasteiger partial charge is 0.191 e. The fraction of sp³-hybridized carbons (Fsp3) is 0.400. The first-order chi connectivity index (χ1) is 10.3. The molecule has 1 fully saturated rings. The largest absolute Gasteiger partial charge is 0.357 e. The maximum atomic E-state index is 4.62. The van der Waals surface area contributed by atoms with Gasteiger partial charge in [-0.1, -0.05) is 0 Å². The van der Waals surface area contributed by atoms with Crippen LogP contribution in [-0.4, -0.2) is 33.3 Å². The van der Waals surface area contributed by atoms with Gasteiger partial charge in [-0.2, -0.15) is 5.10 Å². The van der Waals surface area contributed by atoms with E-state index in [2.05, 4.69) is 32.6 Å². The summed E-state index contributed by atoms with van der Waals surface area (Å²) in [7, 11) is 0. The van der Waals surface area contributed by atoms with Gasteiger partial charge in [0.15, 0.2) is 11.8 Å². The normalized spacial score (nSPS) is 14.3. The van der Waals surface area contributed by atoms with Crippen LogP contribution in [0.2, 0.25) is 0 Å². The first-order valence-electron chi connectivity index (χ1n) is 7.35. The highest BCUT2D eigenvalue weighted by Crippen LogP contribution is 2.18. The van der Waals surface area contributed by atoms with Crippen molar-refractivity contribution in [2.24, 2.45) is 4.99 Å². The van der Waals surface area contributed by atoms with Crippen LogP contribution in [0.3, 0.4) is 0 Å². The number of halogens is 1. The Kier molecular flexibility index (Phi) is 6.17. The Labute approximate surface area is 147 Å². The number of hydrogen-bond donors (Lipinski definition) is 2. The number of aliphatic imine (C=N–C) groups is 1. The van der Waals surface area contributed by atoms with E-state index in [4.69, 9.17) is 0 Å². The molecule has 2 aromatic heterocycles. The predicted molar refractivity (Wildman–Crippen MR) is 97.7 cm³/mol. The topological polar surface area (TPSA) is 67.1 Å². The average Bonchev–Trinajstić information content (AvgIpc) is 3.15. The molecule has 2 N–H and O–H groups in total. The van der Waals surface area contributed by atoms with Crippen molar-refractivity contribution in [3.05, 3.63) is 42.4 Å². The molecule has 3 rings (SSSR count). The highest BCUT2D eigenvalue weighted by atomic mass is 127. The van der Waals surface area contributed by atoms with Gasteiger partial charge in [0.1, 0.15) is 0 Å². The quantitative estimate of drug-likeness (QED) is 0.449. The lowest BCUT2D eigenvalue weighted by Crippen LogP contribution is -2.38. The van der Waals surface area contributed by atoms with Crippen LogP contribution in [-0.2, 0) is 6.54 Å². The number of pyridine rings is 1. The van der Waals surface area contributed by atoms with Crippen LogP contribution >= 0.6 is 24.0 Å². The number of rotatable bonds is 5. The fourth-order valence-electron chi connectivity index (χ4n) is 2.00. The van der Waals surface area contributed by atoms with E-state index in [0.717, 1.165) is 23.9 Å². The van der Waals surface area contributed by atoms with Gasteiger partial charge < -0.3 is 10.6 Å². The van der Waals surface area contributed by atoms with E-state index < -0.39 is 0 Å². The van der Waals surface area contributed by atoms with Gasteiger partial charge in [-0.3, -0.25) is 0 Å². The van der Waals surface area contributed by atoms with E-state index in [0.29, 0.717) is 12.6 Å². The Balaban J connectivity index is 0.00000176. The van der Waals surface area contributed by atoms with Gasteiger partial charge in [0.05, 0.1) is 6.54 Å². The van der Waals surface area contributed by atoms with Crippen molar-refractivity contribution in [1.82, 2.24) is 25.4 Å². The Hall–Kier alpha value is -1.64. The summed E-state index contributed by atoms with van der Waals surface area (Å²) in [5.41, 5.74) is 1.11. The van der Waals surface area contributed by atoms with Crippen molar-refractivity contribution in [1.29, 1.82) is 0 Å². The number of hydrogen-bond acceptors (Lipinski definition) is 3. The summed E-state index contributed by atoms with van der Waals surface area (Å²) < 4.78 is 1.75. The molecule has 0 atom stereocenters. The molecule has 0 aromatic carbocycles. The number of nitrogens with zero attached hydrogens (tertiary/aromatic N) is 4. The molecule has 0 saturated heterocycles. The lowest BCUT2D eigenvalue weighted by molar-refractivity contribution is 0.809. The second-order valence-electron chi connectivity index (χ2n) is 5.09. The Morgan fingerprint density at radius 1 is 1.41 bits per heavy atom. The van der Waals surface area contributed by atoms with Gasteiger partial charge in [0.25, 0.3) is 0 Å². The molecule has 1 saturated carbocycles. The van der Waals surface area contributed by atoms with E-state index in [1.165, 1.54) is 12.8 Å². The molecule has 2 heterocycles. The summed E-state index contributed by atoms with van der Waals surface area (Å²) in [5, 5.41) is 10.9. The van der Waals surface area contributed by atoms with Gasteiger partial charge in [0, 0.05) is 31.2 Å². The van der Waals surface area contributed by atoms with E-state index in [1.807, 2.05) is 24.4 Å². The summed E-state index contributed by atoms with van der Waals surface area (Å²) >= 11 is 0. The van der Waals surface area contributed by atoms with Gasteiger partial charge in [-0.05, 0) is 43.5 Å². The van der Waals surface area contributed by atoms with Crippen LogP contribution in [0.25, 0.3) is 5.82 Å². The SMILES string of the molecule is CCNC(=NCc1ccnc(-n2cccn2)c1)NC1CC1.I. The van der Waals surface area contributed by atoms with Crippen molar-refractivity contribution in [2.75, 3.05) is 6.54 Å². The zero-order valence-corrected chi connectivity index (χ0v) is 14.9. The lowest BCUT2D eigenvalue weighted by Gasteiger charge is -2.10. The van der Waals surface area contributed by atoms with Crippen LogP contribution < -0.4 is 10.6 Å². The molecule has 22 heavy (non-hydrogen) atoms. The monoisotopic (exact) mass is 412 g/mol. The molecule has 0 unspecified atom stereocenters. The molecule has 7 heteroatoms. The number of aromatic nitrogens is 3. The molecule has 1 aliphatic carbocycles. The van der Waals surface area contributed by atoms with E-state index in [9.17, 15) is 0 Å². The predicted octanol–water partition coefficient (Wildman–Crippen LogP) is 2.10. The maximum Gasteiger partial charge on any atom is 0.191 e. The first kappa shape index (κ1) is 16.7. The second kappa shape index (κ2) is 8.11. The van der Waals surface area contributed by atoms with E-state index in [-0.39, 0.29) is 24.0 Å². The fourth-order valence-corrected chi connectivity index (χ4v) is 2.00. The molecule has 0 aliphatic heterocycles. The zero-order valence-electron chi connectivity index (χ0n) is 12.6. The summed E-state index contributed by atoms with van der Waals surface area (Å²) in [4.78, 5) is 8.95. The molecular formula is C15H21IN6. The van der Waals surface area contributed by atoms with Crippen LogP contribution in [0.15, 0.2) is 41.8 Å². The van der Waals surface area contributed by atoms with Crippen LogP contribution in [0, 0.1) is 0 Å². The van der Waals surface area contributed by atoms with Crippen LogP contribution in [0.1, 0.15) is 25.3 Å². The van der Waals surface area contributed by atoms with Crippen molar-refractivity contribution in [3.63, 3.8) is 0 Å².